The van der Waals surface area contributed by atoms with E-state index in [4.69, 9.17) is 14.2 Å². The van der Waals surface area contributed by atoms with E-state index >= 15 is 0 Å². The van der Waals surface area contributed by atoms with E-state index in [1.807, 2.05) is 35.9 Å². The zero-order valence-corrected chi connectivity index (χ0v) is 16.2. The molecule has 1 aromatic heterocycles. The Labute approximate surface area is 166 Å². The van der Waals surface area contributed by atoms with Gasteiger partial charge in [0.15, 0.2) is 28.6 Å². The normalized spacial score (nSPS) is 15.4. The molecule has 0 bridgehead atoms. The summed E-state index contributed by atoms with van der Waals surface area (Å²) in [5.41, 5.74) is 0. The highest BCUT2D eigenvalue weighted by Gasteiger charge is 2.27. The van der Waals surface area contributed by atoms with Crippen molar-refractivity contribution in [3.8, 4) is 17.2 Å². The number of rotatable bonds is 7. The van der Waals surface area contributed by atoms with Gasteiger partial charge in [-0.3, -0.25) is 0 Å². The minimum absolute atomic E-state index is 0.267. The minimum Gasteiger partial charge on any atom is -0.494 e. The average Bonchev–Trinajstić information content (AvgIpc) is 3.09. The summed E-state index contributed by atoms with van der Waals surface area (Å²) in [5.74, 6) is 3.43. The lowest BCUT2D eigenvalue weighted by Crippen LogP contribution is -2.24. The van der Waals surface area contributed by atoms with E-state index in [-0.39, 0.29) is 11.9 Å². The van der Waals surface area contributed by atoms with Crippen LogP contribution in [0.5, 0.6) is 17.2 Å². The summed E-state index contributed by atoms with van der Waals surface area (Å²) < 4.78 is 32.2. The molecule has 2 aromatic carbocycles. The van der Waals surface area contributed by atoms with Gasteiger partial charge in [-0.05, 0) is 42.8 Å². The maximum Gasteiger partial charge on any atom is 0.192 e. The molecule has 0 radical (unpaired) electrons. The Morgan fingerprint density at radius 1 is 1.14 bits per heavy atom. The average molecular weight is 401 g/mol. The molecule has 2 heterocycles. The Morgan fingerprint density at radius 2 is 1.93 bits per heavy atom. The van der Waals surface area contributed by atoms with Crippen LogP contribution in [0.2, 0.25) is 0 Å². The largest absolute Gasteiger partial charge is 0.494 e. The van der Waals surface area contributed by atoms with Crippen molar-refractivity contribution < 1.29 is 18.6 Å². The first kappa shape index (κ1) is 18.6. The van der Waals surface area contributed by atoms with Gasteiger partial charge < -0.3 is 18.8 Å². The molecule has 1 unspecified atom stereocenters. The first-order valence-corrected chi connectivity index (χ1v) is 9.98. The third kappa shape index (κ3) is 4.22. The number of halogens is 1. The Kier molecular flexibility index (Phi) is 5.66. The van der Waals surface area contributed by atoms with Crippen molar-refractivity contribution in [2.45, 2.75) is 17.7 Å². The van der Waals surface area contributed by atoms with Crippen LogP contribution in [-0.2, 0) is 7.05 Å². The highest BCUT2D eigenvalue weighted by molar-refractivity contribution is 7.99. The van der Waals surface area contributed by atoms with Crippen LogP contribution >= 0.6 is 11.8 Å². The van der Waals surface area contributed by atoms with E-state index in [1.165, 1.54) is 12.1 Å². The summed E-state index contributed by atoms with van der Waals surface area (Å²) in [6, 6.07) is 13.6. The molecule has 0 saturated carbocycles. The molecule has 8 heteroatoms. The second-order valence-corrected chi connectivity index (χ2v) is 7.33. The van der Waals surface area contributed by atoms with Gasteiger partial charge in [0, 0.05) is 12.8 Å². The van der Waals surface area contributed by atoms with Crippen LogP contribution in [-0.4, -0.2) is 33.7 Å². The second-order valence-electron chi connectivity index (χ2n) is 6.27. The highest BCUT2D eigenvalue weighted by Crippen LogP contribution is 2.35. The van der Waals surface area contributed by atoms with Crippen LogP contribution in [0.1, 0.15) is 18.3 Å². The summed E-state index contributed by atoms with van der Waals surface area (Å²) in [7, 11) is 1.93. The van der Waals surface area contributed by atoms with Gasteiger partial charge in [0.05, 0.1) is 6.61 Å². The van der Waals surface area contributed by atoms with Crippen LogP contribution in [0.25, 0.3) is 0 Å². The monoisotopic (exact) mass is 401 g/mol. The van der Waals surface area contributed by atoms with Crippen molar-refractivity contribution in [1.29, 1.82) is 0 Å². The quantitative estimate of drug-likeness (QED) is 0.440. The second kappa shape index (κ2) is 8.52. The summed E-state index contributed by atoms with van der Waals surface area (Å²) in [6.45, 7) is 0.957. The molecule has 1 aliphatic rings. The molecule has 0 aliphatic carbocycles. The summed E-state index contributed by atoms with van der Waals surface area (Å²) in [5, 5.41) is 9.38. The van der Waals surface area contributed by atoms with Gasteiger partial charge in [-0.25, -0.2) is 4.39 Å². The summed E-state index contributed by atoms with van der Waals surface area (Å²) >= 11 is 1.61. The van der Waals surface area contributed by atoms with E-state index in [9.17, 15) is 4.39 Å². The molecular weight excluding hydrogens is 381 g/mol. The molecule has 4 rings (SSSR count). The molecule has 0 N–H and O–H groups in total. The zero-order chi connectivity index (χ0) is 19.3. The molecular formula is C20H20FN3O3S. The van der Waals surface area contributed by atoms with Crippen molar-refractivity contribution in [3.05, 3.63) is 60.2 Å². The van der Waals surface area contributed by atoms with Gasteiger partial charge in [0.25, 0.3) is 0 Å². The molecule has 0 fully saturated rings. The highest BCUT2D eigenvalue weighted by atomic mass is 32.2. The predicted molar refractivity (Wildman–Crippen MR) is 104 cm³/mol. The standard InChI is InChI=1S/C20H20FN3O3S/c1-24-19(18-13-26-16-5-2-3-6-17(16)27-18)22-23-20(24)28-12-4-11-25-15-9-7-14(21)8-10-15/h2-3,5-10,18H,4,11-13H2,1H3. The van der Waals surface area contributed by atoms with Crippen LogP contribution in [0.4, 0.5) is 4.39 Å². The summed E-state index contributed by atoms with van der Waals surface area (Å²) in [4.78, 5) is 0. The summed E-state index contributed by atoms with van der Waals surface area (Å²) in [6.07, 6.45) is 0.546. The Bertz CT molecular complexity index is 933. The van der Waals surface area contributed by atoms with Crippen LogP contribution in [0, 0.1) is 5.82 Å². The molecule has 3 aromatic rings. The Balaban J connectivity index is 1.27. The predicted octanol–water partition coefficient (Wildman–Crippen LogP) is 4.03. The van der Waals surface area contributed by atoms with Crippen molar-refractivity contribution in [1.82, 2.24) is 14.8 Å². The van der Waals surface area contributed by atoms with Crippen molar-refractivity contribution in [2.24, 2.45) is 7.05 Å². The van der Waals surface area contributed by atoms with Crippen LogP contribution < -0.4 is 14.2 Å². The van der Waals surface area contributed by atoms with E-state index < -0.39 is 0 Å². The fraction of sp³-hybridized carbons (Fsp3) is 0.300. The van der Waals surface area contributed by atoms with Gasteiger partial charge in [-0.15, -0.1) is 10.2 Å². The topological polar surface area (TPSA) is 58.4 Å². The number of ether oxygens (including phenoxy) is 3. The Hall–Kier alpha value is -2.74. The SMILES string of the molecule is Cn1c(SCCCOc2ccc(F)cc2)nnc1C1COc2ccccc2O1. The molecule has 0 spiro atoms. The minimum atomic E-state index is -0.288. The number of thioether (sulfide) groups is 1. The van der Waals surface area contributed by atoms with Gasteiger partial charge >= 0.3 is 0 Å². The number of hydrogen-bond acceptors (Lipinski definition) is 6. The number of aromatic nitrogens is 3. The van der Waals surface area contributed by atoms with E-state index in [0.717, 1.165) is 28.9 Å². The molecule has 1 aliphatic heterocycles. The first-order chi connectivity index (χ1) is 13.7. The maximum absolute atomic E-state index is 12.9. The molecule has 6 nitrogen and oxygen atoms in total. The lowest BCUT2D eigenvalue weighted by molar-refractivity contribution is 0.0825. The Morgan fingerprint density at radius 3 is 2.75 bits per heavy atom. The number of nitrogens with zero attached hydrogens (tertiary/aromatic N) is 3. The van der Waals surface area contributed by atoms with Crippen molar-refractivity contribution in [3.63, 3.8) is 0 Å². The van der Waals surface area contributed by atoms with Gasteiger partial charge in [-0.2, -0.15) is 0 Å². The number of benzene rings is 2. The van der Waals surface area contributed by atoms with Gasteiger partial charge in [0.1, 0.15) is 18.2 Å². The third-order valence-electron chi connectivity index (χ3n) is 4.27. The molecule has 146 valence electrons. The molecule has 28 heavy (non-hydrogen) atoms. The fourth-order valence-corrected chi connectivity index (χ4v) is 3.65. The third-order valence-corrected chi connectivity index (χ3v) is 5.37. The number of fused-ring (bicyclic) bond motifs is 1. The smallest absolute Gasteiger partial charge is 0.192 e. The first-order valence-electron chi connectivity index (χ1n) is 8.99. The van der Waals surface area contributed by atoms with Crippen molar-refractivity contribution >= 4 is 11.8 Å². The maximum atomic E-state index is 12.9. The molecule has 0 amide bonds. The molecule has 0 saturated heterocycles. The lowest BCUT2D eigenvalue weighted by Gasteiger charge is -2.25. The van der Waals surface area contributed by atoms with Crippen LogP contribution in [0.15, 0.2) is 53.7 Å². The van der Waals surface area contributed by atoms with E-state index in [1.54, 1.807) is 23.9 Å². The molecule has 1 atom stereocenters. The van der Waals surface area contributed by atoms with Gasteiger partial charge in [0.2, 0.25) is 0 Å². The lowest BCUT2D eigenvalue weighted by atomic mass is 10.2. The number of para-hydroxylation sites is 2. The van der Waals surface area contributed by atoms with Crippen LogP contribution in [0.3, 0.4) is 0 Å². The van der Waals surface area contributed by atoms with Gasteiger partial charge in [-0.1, -0.05) is 23.9 Å². The number of hydrogen-bond donors (Lipinski definition) is 0. The van der Waals surface area contributed by atoms with E-state index in [2.05, 4.69) is 10.2 Å². The van der Waals surface area contributed by atoms with E-state index in [0.29, 0.717) is 24.7 Å². The fourth-order valence-electron chi connectivity index (χ4n) is 2.82. The van der Waals surface area contributed by atoms with Crippen molar-refractivity contribution in [2.75, 3.05) is 19.0 Å². The zero-order valence-electron chi connectivity index (χ0n) is 15.4.